The number of para-hydroxylation sites is 1. The van der Waals surface area contributed by atoms with Crippen molar-refractivity contribution < 1.29 is 14.6 Å². The third kappa shape index (κ3) is 4.04. The zero-order valence-electron chi connectivity index (χ0n) is 13.9. The molecule has 0 aliphatic carbocycles. The number of carboxylic acid groups (broad SMARTS) is 1. The number of benzene rings is 2. The summed E-state index contributed by atoms with van der Waals surface area (Å²) in [6.45, 7) is 1.58. The van der Waals surface area contributed by atoms with E-state index in [4.69, 9.17) is 22.1 Å². The van der Waals surface area contributed by atoms with E-state index in [1.165, 1.54) is 4.68 Å². The highest BCUT2D eigenvalue weighted by Gasteiger charge is 2.08. The Morgan fingerprint density at radius 3 is 2.77 bits per heavy atom. The van der Waals surface area contributed by atoms with Crippen LogP contribution < -0.4 is 4.74 Å². The Kier molecular flexibility index (Phi) is 5.23. The second-order valence-electron chi connectivity index (χ2n) is 5.50. The van der Waals surface area contributed by atoms with Gasteiger partial charge < -0.3 is 9.84 Å². The maximum atomic E-state index is 10.7. The molecule has 0 fully saturated rings. The Labute approximate surface area is 154 Å². The molecular formula is C18H16N4O3S. The molecule has 1 heterocycles. The SMILES string of the molecule is Cc1ccc(-c2n[nH]c(=S)n2/N=C\c2ccccc2OCC(=O)O)cc1. The van der Waals surface area contributed by atoms with Crippen molar-refractivity contribution in [3.8, 4) is 17.1 Å². The summed E-state index contributed by atoms with van der Waals surface area (Å²) in [6, 6.07) is 14.9. The molecule has 2 aromatic carbocycles. The van der Waals surface area contributed by atoms with E-state index >= 15 is 0 Å². The number of aliphatic carboxylic acids is 1. The lowest BCUT2D eigenvalue weighted by Crippen LogP contribution is -2.10. The molecule has 7 nitrogen and oxygen atoms in total. The molecule has 0 amide bonds. The highest BCUT2D eigenvalue weighted by molar-refractivity contribution is 7.71. The maximum Gasteiger partial charge on any atom is 0.341 e. The van der Waals surface area contributed by atoms with Crippen LogP contribution in [0.1, 0.15) is 11.1 Å². The summed E-state index contributed by atoms with van der Waals surface area (Å²) in [4.78, 5) is 10.7. The number of aryl methyl sites for hydroxylation is 1. The summed E-state index contributed by atoms with van der Waals surface area (Å²) in [7, 11) is 0. The number of carbonyl (C=O) groups is 1. The van der Waals surface area contributed by atoms with Crippen molar-refractivity contribution in [3.63, 3.8) is 0 Å². The fraction of sp³-hybridized carbons (Fsp3) is 0.111. The van der Waals surface area contributed by atoms with Gasteiger partial charge in [0.15, 0.2) is 12.4 Å². The second-order valence-corrected chi connectivity index (χ2v) is 5.88. The van der Waals surface area contributed by atoms with Crippen LogP contribution in [0.5, 0.6) is 5.75 Å². The van der Waals surface area contributed by atoms with Crippen molar-refractivity contribution in [3.05, 3.63) is 64.4 Å². The number of aromatic amines is 1. The molecule has 0 spiro atoms. The van der Waals surface area contributed by atoms with Gasteiger partial charge in [0.25, 0.3) is 0 Å². The minimum atomic E-state index is -1.05. The Morgan fingerprint density at radius 2 is 2.04 bits per heavy atom. The standard InChI is InChI=1S/C18H16N4O3S/c1-12-6-8-13(9-7-12)17-20-21-18(26)22(17)19-10-14-4-2-3-5-15(14)25-11-16(23)24/h2-10H,11H2,1H3,(H,21,26)(H,23,24)/b19-10-. The van der Waals surface area contributed by atoms with E-state index in [1.807, 2.05) is 37.3 Å². The van der Waals surface area contributed by atoms with Gasteiger partial charge in [0.1, 0.15) is 5.75 Å². The van der Waals surface area contributed by atoms with Crippen LogP contribution in [0.15, 0.2) is 53.6 Å². The lowest BCUT2D eigenvalue weighted by molar-refractivity contribution is -0.139. The molecular weight excluding hydrogens is 352 g/mol. The molecule has 0 unspecified atom stereocenters. The number of carboxylic acids is 1. The van der Waals surface area contributed by atoms with Crippen molar-refractivity contribution in [1.29, 1.82) is 0 Å². The number of hydrogen-bond acceptors (Lipinski definition) is 5. The molecule has 0 radical (unpaired) electrons. The van der Waals surface area contributed by atoms with Crippen LogP contribution in [0.25, 0.3) is 11.4 Å². The quantitative estimate of drug-likeness (QED) is 0.515. The predicted molar refractivity (Wildman–Crippen MR) is 100 cm³/mol. The molecule has 0 aliphatic heterocycles. The monoisotopic (exact) mass is 368 g/mol. The van der Waals surface area contributed by atoms with Gasteiger partial charge in [0, 0.05) is 11.1 Å². The van der Waals surface area contributed by atoms with Crippen LogP contribution in [0.4, 0.5) is 0 Å². The molecule has 0 saturated carbocycles. The van der Waals surface area contributed by atoms with Crippen LogP contribution in [-0.2, 0) is 4.79 Å². The third-order valence-electron chi connectivity index (χ3n) is 3.54. The van der Waals surface area contributed by atoms with E-state index in [0.717, 1.165) is 11.1 Å². The van der Waals surface area contributed by atoms with Gasteiger partial charge in [-0.05, 0) is 31.3 Å². The van der Waals surface area contributed by atoms with Crippen molar-refractivity contribution in [2.24, 2.45) is 5.10 Å². The minimum absolute atomic E-state index is 0.348. The maximum absolute atomic E-state index is 10.7. The lowest BCUT2D eigenvalue weighted by atomic mass is 10.1. The van der Waals surface area contributed by atoms with Crippen molar-refractivity contribution in [2.45, 2.75) is 6.92 Å². The Bertz CT molecular complexity index is 1010. The summed E-state index contributed by atoms with van der Waals surface area (Å²) in [6.07, 6.45) is 1.56. The molecule has 0 bridgehead atoms. The van der Waals surface area contributed by atoms with Crippen LogP contribution in [-0.4, -0.2) is 38.8 Å². The molecule has 132 valence electrons. The van der Waals surface area contributed by atoms with E-state index in [9.17, 15) is 4.79 Å². The second kappa shape index (κ2) is 7.75. The van der Waals surface area contributed by atoms with Crippen LogP contribution in [0.3, 0.4) is 0 Å². The van der Waals surface area contributed by atoms with E-state index in [0.29, 0.717) is 21.9 Å². The fourth-order valence-corrected chi connectivity index (χ4v) is 2.45. The van der Waals surface area contributed by atoms with Crippen LogP contribution in [0.2, 0.25) is 0 Å². The first-order valence-electron chi connectivity index (χ1n) is 7.77. The molecule has 3 aromatic rings. The topological polar surface area (TPSA) is 92.5 Å². The normalized spacial score (nSPS) is 11.0. The number of ether oxygens (including phenoxy) is 1. The van der Waals surface area contributed by atoms with Gasteiger partial charge in [-0.3, -0.25) is 0 Å². The lowest BCUT2D eigenvalue weighted by Gasteiger charge is -2.06. The third-order valence-corrected chi connectivity index (χ3v) is 3.81. The smallest absolute Gasteiger partial charge is 0.341 e. The fourth-order valence-electron chi connectivity index (χ4n) is 2.27. The molecule has 26 heavy (non-hydrogen) atoms. The largest absolute Gasteiger partial charge is 0.481 e. The number of aromatic nitrogens is 3. The summed E-state index contributed by atoms with van der Waals surface area (Å²) in [5, 5.41) is 20.1. The van der Waals surface area contributed by atoms with Crippen LogP contribution >= 0.6 is 12.2 Å². The average molecular weight is 368 g/mol. The summed E-state index contributed by atoms with van der Waals surface area (Å²) < 4.78 is 7.13. The Morgan fingerprint density at radius 1 is 1.31 bits per heavy atom. The number of rotatable bonds is 6. The van der Waals surface area contributed by atoms with E-state index < -0.39 is 12.6 Å². The van der Waals surface area contributed by atoms with Crippen molar-refractivity contribution in [1.82, 2.24) is 14.9 Å². The molecule has 8 heteroatoms. The number of H-pyrrole nitrogens is 1. The zero-order valence-corrected chi connectivity index (χ0v) is 14.7. The van der Waals surface area contributed by atoms with Gasteiger partial charge in [-0.25, -0.2) is 9.89 Å². The number of hydrogen-bond donors (Lipinski definition) is 2. The van der Waals surface area contributed by atoms with Crippen LogP contribution in [0, 0.1) is 11.7 Å². The summed E-state index contributed by atoms with van der Waals surface area (Å²) in [5.74, 6) is -0.0452. The number of nitrogens with zero attached hydrogens (tertiary/aromatic N) is 3. The van der Waals surface area contributed by atoms with Gasteiger partial charge in [0.05, 0.1) is 6.21 Å². The van der Waals surface area contributed by atoms with E-state index in [-0.39, 0.29) is 0 Å². The minimum Gasteiger partial charge on any atom is -0.481 e. The molecule has 2 N–H and O–H groups in total. The van der Waals surface area contributed by atoms with Gasteiger partial charge in [0.2, 0.25) is 4.77 Å². The zero-order chi connectivity index (χ0) is 18.5. The molecule has 3 rings (SSSR count). The molecule has 0 aliphatic rings. The molecule has 1 aromatic heterocycles. The average Bonchev–Trinajstić information content (AvgIpc) is 3.00. The van der Waals surface area contributed by atoms with Crippen molar-refractivity contribution >= 4 is 24.4 Å². The highest BCUT2D eigenvalue weighted by Crippen LogP contribution is 2.19. The molecule has 0 atom stereocenters. The first kappa shape index (κ1) is 17.6. The summed E-state index contributed by atoms with van der Waals surface area (Å²) >= 11 is 5.25. The van der Waals surface area contributed by atoms with Gasteiger partial charge in [-0.15, -0.1) is 0 Å². The van der Waals surface area contributed by atoms with E-state index in [2.05, 4.69) is 15.3 Å². The number of nitrogens with one attached hydrogen (secondary N) is 1. The van der Waals surface area contributed by atoms with E-state index in [1.54, 1.807) is 24.4 Å². The van der Waals surface area contributed by atoms with Gasteiger partial charge >= 0.3 is 5.97 Å². The first-order chi connectivity index (χ1) is 12.5. The molecule has 0 saturated heterocycles. The Hall–Kier alpha value is -3.26. The van der Waals surface area contributed by atoms with Gasteiger partial charge in [-0.2, -0.15) is 14.9 Å². The highest BCUT2D eigenvalue weighted by atomic mass is 32.1. The summed E-state index contributed by atoms with van der Waals surface area (Å²) in [5.41, 5.74) is 2.64. The first-order valence-corrected chi connectivity index (χ1v) is 8.18. The van der Waals surface area contributed by atoms with Crippen molar-refractivity contribution in [2.75, 3.05) is 6.61 Å². The predicted octanol–water partition coefficient (Wildman–Crippen LogP) is 3.26. The van der Waals surface area contributed by atoms with Gasteiger partial charge in [-0.1, -0.05) is 42.0 Å². The Balaban J connectivity index is 1.93.